The van der Waals surface area contributed by atoms with Crippen LogP contribution in [-0.4, -0.2) is 15.0 Å². The van der Waals surface area contributed by atoms with Crippen LogP contribution in [0, 0.1) is 11.3 Å². The van der Waals surface area contributed by atoms with E-state index in [0.717, 1.165) is 12.1 Å². The molecule has 4 aromatic rings. The van der Waals surface area contributed by atoms with E-state index in [2.05, 4.69) is 20.3 Å². The predicted octanol–water partition coefficient (Wildman–Crippen LogP) is 5.98. The highest BCUT2D eigenvalue weighted by Crippen LogP contribution is 2.35. The van der Waals surface area contributed by atoms with E-state index in [4.69, 9.17) is 16.9 Å². The van der Waals surface area contributed by atoms with Crippen LogP contribution in [0.5, 0.6) is 0 Å². The third kappa shape index (κ3) is 3.88. The van der Waals surface area contributed by atoms with Crippen molar-refractivity contribution in [1.29, 1.82) is 5.26 Å². The number of rotatable bonds is 3. The van der Waals surface area contributed by atoms with E-state index in [9.17, 15) is 13.2 Å². The summed E-state index contributed by atoms with van der Waals surface area (Å²) in [5.41, 5.74) is -0.161. The molecule has 9 heteroatoms. The zero-order valence-electron chi connectivity index (χ0n) is 15.1. The fraction of sp³-hybridized carbons (Fsp3) is 0.0476. The number of nitrogens with one attached hydrogen (secondary N) is 1. The van der Waals surface area contributed by atoms with Gasteiger partial charge in [-0.05, 0) is 48.5 Å². The predicted molar refractivity (Wildman–Crippen MR) is 107 cm³/mol. The summed E-state index contributed by atoms with van der Waals surface area (Å²) in [6.07, 6.45) is -1.47. The second-order valence-corrected chi connectivity index (χ2v) is 6.73. The molecule has 1 N–H and O–H groups in total. The standard InChI is InChI=1S/C21H11ClF3N5/c22-14-4-6-18-16(8-14)20(30-19(29-18)13-2-1-7-27-11-13)28-15-5-3-12(10-26)17(9-15)21(23,24)25/h1-9,11H,(H,28,29,30). The van der Waals surface area contributed by atoms with E-state index >= 15 is 0 Å². The quantitative estimate of drug-likeness (QED) is 0.437. The molecular formula is C21H11ClF3N5. The van der Waals surface area contributed by atoms with E-state index in [1.54, 1.807) is 48.8 Å². The number of nitriles is 1. The summed E-state index contributed by atoms with van der Waals surface area (Å²) in [6, 6.07) is 13.4. The number of nitrogens with zero attached hydrogens (tertiary/aromatic N) is 4. The molecule has 4 rings (SSSR count). The first-order valence-electron chi connectivity index (χ1n) is 8.61. The highest BCUT2D eigenvalue weighted by Gasteiger charge is 2.34. The number of pyridine rings is 1. The maximum Gasteiger partial charge on any atom is 0.417 e. The summed E-state index contributed by atoms with van der Waals surface area (Å²) in [5.74, 6) is 0.629. The fourth-order valence-corrected chi connectivity index (χ4v) is 3.08. The summed E-state index contributed by atoms with van der Waals surface area (Å²) >= 11 is 6.10. The smallest absolute Gasteiger partial charge is 0.340 e. The Labute approximate surface area is 173 Å². The molecule has 0 bridgehead atoms. The number of aromatic nitrogens is 3. The van der Waals surface area contributed by atoms with E-state index in [-0.39, 0.29) is 11.5 Å². The van der Waals surface area contributed by atoms with Gasteiger partial charge in [0.05, 0.1) is 22.7 Å². The SMILES string of the molecule is N#Cc1ccc(Nc2nc(-c3cccnc3)nc3ccc(Cl)cc23)cc1C(F)(F)F. The van der Waals surface area contributed by atoms with Gasteiger partial charge in [0.2, 0.25) is 0 Å². The molecule has 0 aliphatic heterocycles. The minimum absolute atomic E-state index is 0.124. The maximum absolute atomic E-state index is 13.3. The topological polar surface area (TPSA) is 74.5 Å². The summed E-state index contributed by atoms with van der Waals surface area (Å²) in [7, 11) is 0. The number of benzene rings is 2. The first kappa shape index (κ1) is 19.6. The van der Waals surface area contributed by atoms with Gasteiger partial charge in [-0.3, -0.25) is 4.98 Å². The number of alkyl halides is 3. The van der Waals surface area contributed by atoms with Gasteiger partial charge in [-0.25, -0.2) is 9.97 Å². The third-order valence-corrected chi connectivity index (χ3v) is 4.52. The Morgan fingerprint density at radius 2 is 1.87 bits per heavy atom. The largest absolute Gasteiger partial charge is 0.417 e. The molecule has 2 aromatic heterocycles. The molecule has 0 saturated carbocycles. The molecule has 2 heterocycles. The lowest BCUT2D eigenvalue weighted by Gasteiger charge is -2.14. The summed E-state index contributed by atoms with van der Waals surface area (Å²) in [6.45, 7) is 0. The zero-order chi connectivity index (χ0) is 21.3. The summed E-state index contributed by atoms with van der Waals surface area (Å²) < 4.78 is 39.9. The minimum Gasteiger partial charge on any atom is -0.340 e. The molecule has 148 valence electrons. The van der Waals surface area contributed by atoms with Crippen molar-refractivity contribution in [2.24, 2.45) is 0 Å². The molecule has 0 atom stereocenters. The Balaban J connectivity index is 1.86. The van der Waals surface area contributed by atoms with Crippen molar-refractivity contribution >= 4 is 34.0 Å². The molecule has 0 radical (unpaired) electrons. The Bertz CT molecular complexity index is 1280. The number of halogens is 4. The van der Waals surface area contributed by atoms with Crippen molar-refractivity contribution in [3.05, 3.63) is 77.1 Å². The highest BCUT2D eigenvalue weighted by molar-refractivity contribution is 6.31. The summed E-state index contributed by atoms with van der Waals surface area (Å²) in [5, 5.41) is 12.9. The lowest BCUT2D eigenvalue weighted by molar-refractivity contribution is -0.137. The number of fused-ring (bicyclic) bond motifs is 1. The van der Waals surface area contributed by atoms with Crippen molar-refractivity contribution < 1.29 is 13.2 Å². The van der Waals surface area contributed by atoms with Gasteiger partial charge in [-0.1, -0.05) is 11.6 Å². The molecule has 5 nitrogen and oxygen atoms in total. The first-order valence-corrected chi connectivity index (χ1v) is 8.99. The van der Waals surface area contributed by atoms with Crippen LogP contribution in [0.4, 0.5) is 24.7 Å². The Morgan fingerprint density at radius 3 is 2.57 bits per heavy atom. The molecule has 0 saturated heterocycles. The van der Waals surface area contributed by atoms with Gasteiger partial charge in [-0.2, -0.15) is 18.4 Å². The Hall–Kier alpha value is -3.70. The Kier molecular flexibility index (Phi) is 4.98. The normalized spacial score (nSPS) is 11.3. The van der Waals surface area contributed by atoms with Crippen LogP contribution in [-0.2, 0) is 6.18 Å². The van der Waals surface area contributed by atoms with Gasteiger partial charge in [0, 0.05) is 34.1 Å². The summed E-state index contributed by atoms with van der Waals surface area (Å²) in [4.78, 5) is 13.0. The van der Waals surface area contributed by atoms with Crippen LogP contribution >= 0.6 is 11.6 Å². The third-order valence-electron chi connectivity index (χ3n) is 4.29. The van der Waals surface area contributed by atoms with Gasteiger partial charge in [-0.15, -0.1) is 0 Å². The van der Waals surface area contributed by atoms with Crippen molar-refractivity contribution in [2.45, 2.75) is 6.18 Å². The molecule has 0 aliphatic rings. The molecule has 0 spiro atoms. The molecule has 0 aliphatic carbocycles. The van der Waals surface area contributed by atoms with Crippen LogP contribution < -0.4 is 5.32 Å². The number of anilines is 2. The zero-order valence-corrected chi connectivity index (χ0v) is 15.8. The molecular weight excluding hydrogens is 415 g/mol. The number of hydrogen-bond acceptors (Lipinski definition) is 5. The average molecular weight is 426 g/mol. The first-order chi connectivity index (χ1) is 14.3. The second-order valence-electron chi connectivity index (χ2n) is 6.29. The number of hydrogen-bond donors (Lipinski definition) is 1. The second kappa shape index (κ2) is 7.61. The molecule has 0 fully saturated rings. The minimum atomic E-state index is -4.67. The molecule has 0 unspecified atom stereocenters. The molecule has 30 heavy (non-hydrogen) atoms. The Morgan fingerprint density at radius 1 is 1.03 bits per heavy atom. The average Bonchev–Trinajstić information content (AvgIpc) is 2.74. The van der Waals surface area contributed by atoms with Crippen LogP contribution in [0.1, 0.15) is 11.1 Å². The van der Waals surface area contributed by atoms with Crippen molar-refractivity contribution in [3.63, 3.8) is 0 Å². The van der Waals surface area contributed by atoms with Crippen LogP contribution in [0.2, 0.25) is 5.02 Å². The van der Waals surface area contributed by atoms with Gasteiger partial charge in [0.25, 0.3) is 0 Å². The van der Waals surface area contributed by atoms with Gasteiger partial charge >= 0.3 is 6.18 Å². The van der Waals surface area contributed by atoms with Crippen LogP contribution in [0.3, 0.4) is 0 Å². The monoisotopic (exact) mass is 425 g/mol. The van der Waals surface area contributed by atoms with E-state index in [1.807, 2.05) is 0 Å². The van der Waals surface area contributed by atoms with Gasteiger partial charge in [0.15, 0.2) is 5.82 Å². The lowest BCUT2D eigenvalue weighted by Crippen LogP contribution is -2.09. The molecule has 2 aromatic carbocycles. The van der Waals surface area contributed by atoms with Crippen LogP contribution in [0.15, 0.2) is 60.9 Å². The van der Waals surface area contributed by atoms with Crippen molar-refractivity contribution in [2.75, 3.05) is 5.32 Å². The van der Waals surface area contributed by atoms with Crippen molar-refractivity contribution in [1.82, 2.24) is 15.0 Å². The maximum atomic E-state index is 13.3. The van der Waals surface area contributed by atoms with Crippen molar-refractivity contribution in [3.8, 4) is 17.5 Å². The van der Waals surface area contributed by atoms with Gasteiger partial charge in [0.1, 0.15) is 5.82 Å². The van der Waals surface area contributed by atoms with E-state index in [1.165, 1.54) is 6.07 Å². The highest BCUT2D eigenvalue weighted by atomic mass is 35.5. The van der Waals surface area contributed by atoms with E-state index in [0.29, 0.717) is 27.3 Å². The molecule has 0 amide bonds. The lowest BCUT2D eigenvalue weighted by atomic mass is 10.1. The van der Waals surface area contributed by atoms with E-state index < -0.39 is 17.3 Å². The fourth-order valence-electron chi connectivity index (χ4n) is 2.91. The van der Waals surface area contributed by atoms with Gasteiger partial charge < -0.3 is 5.32 Å². The van der Waals surface area contributed by atoms with Crippen LogP contribution in [0.25, 0.3) is 22.3 Å².